The third-order valence-corrected chi connectivity index (χ3v) is 7.40. The van der Waals surface area contributed by atoms with Crippen molar-refractivity contribution in [1.29, 1.82) is 0 Å². The molecule has 0 bridgehead atoms. The summed E-state index contributed by atoms with van der Waals surface area (Å²) >= 11 is 1.35. The quantitative estimate of drug-likeness (QED) is 0.566. The van der Waals surface area contributed by atoms with Gasteiger partial charge in [-0.1, -0.05) is 53.8 Å². The summed E-state index contributed by atoms with van der Waals surface area (Å²) in [5.41, 5.74) is 1.57. The highest BCUT2D eigenvalue weighted by molar-refractivity contribution is 7.90. The molecular formula is C22H23N3O3S2. The zero-order valence-corrected chi connectivity index (χ0v) is 18.5. The van der Waals surface area contributed by atoms with E-state index in [1.54, 1.807) is 18.3 Å². The number of hydrogen-bond acceptors (Lipinski definition) is 7. The van der Waals surface area contributed by atoms with Crippen molar-refractivity contribution >= 4 is 32.1 Å². The lowest BCUT2D eigenvalue weighted by Crippen LogP contribution is -2.46. The Hall–Kier alpha value is -2.55. The third-order valence-electron chi connectivity index (χ3n) is 5.26. The number of piperazine rings is 1. The first-order chi connectivity index (χ1) is 14.3. The molecule has 0 aliphatic carbocycles. The van der Waals surface area contributed by atoms with Crippen LogP contribution in [0.5, 0.6) is 0 Å². The second kappa shape index (κ2) is 8.29. The molecule has 0 N–H and O–H groups in total. The molecule has 0 amide bonds. The molecule has 1 fully saturated rings. The average Bonchev–Trinajstić information content (AvgIpc) is 3.23. The first-order valence-electron chi connectivity index (χ1n) is 9.64. The van der Waals surface area contributed by atoms with Gasteiger partial charge in [0.2, 0.25) is 5.78 Å². The minimum absolute atomic E-state index is 0.140. The topological polar surface area (TPSA) is 70.6 Å². The Bertz CT molecular complexity index is 1160. The van der Waals surface area contributed by atoms with E-state index in [0.29, 0.717) is 10.4 Å². The van der Waals surface area contributed by atoms with Crippen molar-refractivity contribution in [3.05, 3.63) is 76.8 Å². The summed E-state index contributed by atoms with van der Waals surface area (Å²) in [6.07, 6.45) is 2.73. The minimum Gasteiger partial charge on any atom is -0.338 e. The highest BCUT2D eigenvalue weighted by Crippen LogP contribution is 2.34. The zero-order chi connectivity index (χ0) is 21.3. The maximum absolute atomic E-state index is 13.0. The van der Waals surface area contributed by atoms with Gasteiger partial charge in [0.15, 0.2) is 15.0 Å². The van der Waals surface area contributed by atoms with Gasteiger partial charge in [0, 0.05) is 31.5 Å². The summed E-state index contributed by atoms with van der Waals surface area (Å²) in [6, 6.07) is 16.6. The van der Waals surface area contributed by atoms with Gasteiger partial charge in [-0.2, -0.15) is 0 Å². The van der Waals surface area contributed by atoms with E-state index in [2.05, 4.69) is 34.0 Å². The Kier molecular flexibility index (Phi) is 5.73. The molecule has 0 unspecified atom stereocenters. The minimum atomic E-state index is -3.37. The van der Waals surface area contributed by atoms with E-state index in [-0.39, 0.29) is 16.7 Å². The molecule has 6 nitrogen and oxygen atoms in total. The number of rotatable bonds is 5. The lowest BCUT2D eigenvalue weighted by Gasteiger charge is -2.40. The van der Waals surface area contributed by atoms with Crippen LogP contribution in [-0.4, -0.2) is 57.0 Å². The van der Waals surface area contributed by atoms with Crippen molar-refractivity contribution in [2.24, 2.45) is 0 Å². The van der Waals surface area contributed by atoms with Gasteiger partial charge in [0.05, 0.1) is 22.0 Å². The second-order valence-corrected chi connectivity index (χ2v) is 10.5. The van der Waals surface area contributed by atoms with Gasteiger partial charge in [-0.05, 0) is 24.7 Å². The molecule has 156 valence electrons. The van der Waals surface area contributed by atoms with Crippen LogP contribution in [0, 0.1) is 0 Å². The van der Waals surface area contributed by atoms with Crippen LogP contribution in [0.25, 0.3) is 0 Å². The number of likely N-dealkylation sites (N-methyl/N-ethyl adjacent to an activating group) is 1. The number of benzene rings is 2. The molecule has 2 heterocycles. The molecule has 1 aliphatic heterocycles. The Labute approximate surface area is 180 Å². The largest absolute Gasteiger partial charge is 0.338 e. The molecule has 2 aromatic carbocycles. The molecule has 30 heavy (non-hydrogen) atoms. The smallest absolute Gasteiger partial charge is 0.204 e. The second-order valence-electron chi connectivity index (χ2n) is 7.52. The van der Waals surface area contributed by atoms with Gasteiger partial charge in [-0.25, -0.2) is 13.4 Å². The number of ketones is 1. The van der Waals surface area contributed by atoms with Gasteiger partial charge in [-0.3, -0.25) is 4.79 Å². The first kappa shape index (κ1) is 20.7. The van der Waals surface area contributed by atoms with E-state index in [4.69, 9.17) is 0 Å². The summed E-state index contributed by atoms with van der Waals surface area (Å²) in [4.78, 5) is 22.7. The van der Waals surface area contributed by atoms with Gasteiger partial charge in [0.1, 0.15) is 0 Å². The molecule has 3 aromatic rings. The van der Waals surface area contributed by atoms with E-state index in [1.165, 1.54) is 29.0 Å². The van der Waals surface area contributed by atoms with Gasteiger partial charge in [0.25, 0.3) is 0 Å². The van der Waals surface area contributed by atoms with Crippen LogP contribution >= 0.6 is 11.3 Å². The van der Waals surface area contributed by atoms with Crippen molar-refractivity contribution in [1.82, 2.24) is 9.88 Å². The van der Waals surface area contributed by atoms with Crippen molar-refractivity contribution in [2.75, 3.05) is 37.8 Å². The maximum atomic E-state index is 13.0. The van der Waals surface area contributed by atoms with Crippen molar-refractivity contribution < 1.29 is 13.2 Å². The highest BCUT2D eigenvalue weighted by atomic mass is 32.2. The summed E-state index contributed by atoms with van der Waals surface area (Å²) < 4.78 is 23.6. The highest BCUT2D eigenvalue weighted by Gasteiger charge is 2.29. The molecule has 0 radical (unpaired) electrons. The molecule has 1 atom stereocenters. The van der Waals surface area contributed by atoms with Gasteiger partial charge < -0.3 is 9.80 Å². The zero-order valence-electron chi connectivity index (χ0n) is 16.9. The summed E-state index contributed by atoms with van der Waals surface area (Å²) in [7, 11) is -1.26. The fraction of sp³-hybridized carbons (Fsp3) is 0.273. The molecule has 0 spiro atoms. The number of carbonyl (C=O) groups excluding carboxylic acids is 1. The molecule has 1 saturated heterocycles. The van der Waals surface area contributed by atoms with Crippen LogP contribution in [0.1, 0.15) is 26.8 Å². The summed E-state index contributed by atoms with van der Waals surface area (Å²) in [5.74, 6) is -0.213. The standard InChI is InChI=1S/C22H23N3O3S2/c1-24-11-12-25(19(15-24)16-7-4-3-5-8-16)22-23-14-20(29-22)21(26)17-9-6-10-18(13-17)30(2,27)28/h3-10,13-14,19H,11-12,15H2,1-2H3/t19-/m1/s1. The predicted molar refractivity (Wildman–Crippen MR) is 119 cm³/mol. The summed E-state index contributed by atoms with van der Waals surface area (Å²) in [6.45, 7) is 2.62. The Morgan fingerprint density at radius 1 is 1.10 bits per heavy atom. The fourth-order valence-corrected chi connectivity index (χ4v) is 5.24. The fourth-order valence-electron chi connectivity index (χ4n) is 3.62. The Balaban J connectivity index is 1.62. The van der Waals surface area contributed by atoms with Crippen LogP contribution in [0.2, 0.25) is 0 Å². The van der Waals surface area contributed by atoms with Crippen LogP contribution in [0.4, 0.5) is 5.13 Å². The summed E-state index contributed by atoms with van der Waals surface area (Å²) in [5, 5.41) is 0.805. The van der Waals surface area contributed by atoms with E-state index in [9.17, 15) is 13.2 Å². The third kappa shape index (κ3) is 4.30. The number of anilines is 1. The Morgan fingerprint density at radius 3 is 2.60 bits per heavy atom. The molecule has 0 saturated carbocycles. The molecular weight excluding hydrogens is 418 g/mol. The normalized spacial score (nSPS) is 17.8. The molecule has 1 aliphatic rings. The first-order valence-corrected chi connectivity index (χ1v) is 12.3. The number of thiazole rings is 1. The maximum Gasteiger partial charge on any atom is 0.204 e. The van der Waals surface area contributed by atoms with Crippen LogP contribution < -0.4 is 4.90 Å². The van der Waals surface area contributed by atoms with E-state index in [1.807, 2.05) is 18.2 Å². The average molecular weight is 442 g/mol. The van der Waals surface area contributed by atoms with Crippen LogP contribution in [0.15, 0.2) is 65.7 Å². The van der Waals surface area contributed by atoms with Crippen molar-refractivity contribution in [3.8, 4) is 0 Å². The van der Waals surface area contributed by atoms with Gasteiger partial charge >= 0.3 is 0 Å². The van der Waals surface area contributed by atoms with E-state index >= 15 is 0 Å². The van der Waals surface area contributed by atoms with Crippen LogP contribution in [0.3, 0.4) is 0 Å². The predicted octanol–water partition coefficient (Wildman–Crippen LogP) is 3.27. The SMILES string of the molecule is CN1CCN(c2ncc(C(=O)c3cccc(S(C)(=O)=O)c3)s2)[C@@H](c2ccccc2)C1. The molecule has 4 rings (SSSR count). The Morgan fingerprint density at radius 2 is 1.87 bits per heavy atom. The lowest BCUT2D eigenvalue weighted by molar-refractivity contribution is 0.104. The lowest BCUT2D eigenvalue weighted by atomic mass is 10.0. The van der Waals surface area contributed by atoms with Crippen LogP contribution in [-0.2, 0) is 9.84 Å². The molecule has 8 heteroatoms. The number of hydrogen-bond donors (Lipinski definition) is 0. The number of sulfone groups is 1. The molecule has 1 aromatic heterocycles. The van der Waals surface area contributed by atoms with Crippen molar-refractivity contribution in [2.45, 2.75) is 10.9 Å². The van der Waals surface area contributed by atoms with Crippen molar-refractivity contribution in [3.63, 3.8) is 0 Å². The van der Waals surface area contributed by atoms with E-state index in [0.717, 1.165) is 31.0 Å². The number of nitrogens with zero attached hydrogens (tertiary/aromatic N) is 3. The number of carbonyl (C=O) groups is 1. The number of aromatic nitrogens is 1. The van der Waals surface area contributed by atoms with E-state index < -0.39 is 9.84 Å². The van der Waals surface area contributed by atoms with Gasteiger partial charge in [-0.15, -0.1) is 0 Å². The monoisotopic (exact) mass is 441 g/mol.